The van der Waals surface area contributed by atoms with Crippen LogP contribution in [0.2, 0.25) is 0 Å². The number of hydrogen-bond acceptors (Lipinski definition) is 6. The van der Waals surface area contributed by atoms with E-state index in [1.807, 2.05) is 56.5 Å². The van der Waals surface area contributed by atoms with E-state index in [-0.39, 0.29) is 6.61 Å². The Bertz CT molecular complexity index is 1310. The van der Waals surface area contributed by atoms with Gasteiger partial charge in [-0.2, -0.15) is 5.10 Å². The molecule has 0 aliphatic heterocycles. The van der Waals surface area contributed by atoms with Gasteiger partial charge >= 0.3 is 0 Å². The van der Waals surface area contributed by atoms with E-state index in [0.29, 0.717) is 33.7 Å². The molecule has 8 nitrogen and oxygen atoms in total. The first-order valence-electron chi connectivity index (χ1n) is 10.0. The Labute approximate surface area is 189 Å². The second kappa shape index (κ2) is 8.80. The Morgan fingerprint density at radius 1 is 1.12 bits per heavy atom. The summed E-state index contributed by atoms with van der Waals surface area (Å²) < 4.78 is 7.24. The summed E-state index contributed by atoms with van der Waals surface area (Å²) in [5, 5.41) is 6.99. The fraction of sp³-hybridized carbons (Fsp3) is 0.217. The summed E-state index contributed by atoms with van der Waals surface area (Å²) in [6, 6.07) is 11.4. The molecule has 0 bridgehead atoms. The zero-order valence-electron chi connectivity index (χ0n) is 18.2. The predicted molar refractivity (Wildman–Crippen MR) is 124 cm³/mol. The molecule has 164 valence electrons. The summed E-state index contributed by atoms with van der Waals surface area (Å²) in [5.41, 5.74) is 9.21. The molecule has 0 aliphatic carbocycles. The number of rotatable bonds is 5. The fourth-order valence-electron chi connectivity index (χ4n) is 3.41. The number of ether oxygens (including phenoxy) is 1. The minimum Gasteiger partial charge on any atom is -0.483 e. The average Bonchev–Trinajstić information content (AvgIpc) is 3.40. The molecule has 2 amide bonds. The van der Waals surface area contributed by atoms with Gasteiger partial charge in [0.05, 0.1) is 27.2 Å². The smallest absolute Gasteiger partial charge is 0.276 e. The molecular formula is C23H23N5O3S. The molecule has 4 rings (SSSR count). The molecule has 3 heterocycles. The van der Waals surface area contributed by atoms with Crippen LogP contribution in [0.3, 0.4) is 0 Å². The fourth-order valence-corrected chi connectivity index (χ4v) is 4.10. The Morgan fingerprint density at radius 3 is 2.69 bits per heavy atom. The van der Waals surface area contributed by atoms with Crippen molar-refractivity contribution >= 4 is 34.2 Å². The van der Waals surface area contributed by atoms with E-state index in [2.05, 4.69) is 20.9 Å². The SMILES string of the molecule is Cc1ccc(C)c(OCC(=O)NNC(=O)c2cc(-c3cccs3)nc3c2c(C)nn3C)c1. The second-order valence-electron chi connectivity index (χ2n) is 7.50. The predicted octanol–water partition coefficient (Wildman–Crippen LogP) is 3.46. The van der Waals surface area contributed by atoms with E-state index < -0.39 is 11.8 Å². The van der Waals surface area contributed by atoms with Gasteiger partial charge in [-0.1, -0.05) is 18.2 Å². The third kappa shape index (κ3) is 4.33. The Morgan fingerprint density at radius 2 is 1.94 bits per heavy atom. The number of pyridine rings is 1. The van der Waals surface area contributed by atoms with Gasteiger partial charge < -0.3 is 4.74 Å². The zero-order chi connectivity index (χ0) is 22.8. The third-order valence-corrected chi connectivity index (χ3v) is 5.90. The van der Waals surface area contributed by atoms with Gasteiger partial charge in [0.1, 0.15) is 5.75 Å². The minimum absolute atomic E-state index is 0.220. The molecule has 0 saturated carbocycles. The molecule has 1 aromatic carbocycles. The quantitative estimate of drug-likeness (QED) is 0.455. The first-order chi connectivity index (χ1) is 15.3. The van der Waals surface area contributed by atoms with E-state index >= 15 is 0 Å². The van der Waals surface area contributed by atoms with Crippen LogP contribution < -0.4 is 15.6 Å². The molecule has 0 fully saturated rings. The highest BCUT2D eigenvalue weighted by Crippen LogP contribution is 2.29. The van der Waals surface area contributed by atoms with Gasteiger partial charge in [-0.3, -0.25) is 25.1 Å². The lowest BCUT2D eigenvalue weighted by atomic mass is 10.1. The summed E-state index contributed by atoms with van der Waals surface area (Å²) in [6.07, 6.45) is 0. The molecule has 0 aliphatic rings. The number of benzene rings is 1. The van der Waals surface area contributed by atoms with Crippen molar-refractivity contribution in [3.63, 3.8) is 0 Å². The summed E-state index contributed by atoms with van der Waals surface area (Å²) in [6.45, 7) is 5.46. The Balaban J connectivity index is 1.51. The third-order valence-electron chi connectivity index (χ3n) is 5.00. The standard InChI is InChI=1S/C23H23N5O3S/c1-13-7-8-14(2)18(10-13)31-12-20(29)25-26-23(30)16-11-17(19-6-5-9-32-19)24-22-21(16)15(3)27-28(22)4/h5-11H,12H2,1-4H3,(H,25,29)(H,26,30). The maximum atomic E-state index is 13.0. The monoisotopic (exact) mass is 449 g/mol. The highest BCUT2D eigenvalue weighted by atomic mass is 32.1. The van der Waals surface area contributed by atoms with E-state index in [4.69, 9.17) is 4.74 Å². The lowest BCUT2D eigenvalue weighted by Gasteiger charge is -2.12. The van der Waals surface area contributed by atoms with Crippen molar-refractivity contribution in [2.75, 3.05) is 6.61 Å². The second-order valence-corrected chi connectivity index (χ2v) is 8.45. The highest BCUT2D eigenvalue weighted by molar-refractivity contribution is 7.13. The van der Waals surface area contributed by atoms with Gasteiger partial charge in [-0.15, -0.1) is 11.3 Å². The van der Waals surface area contributed by atoms with Gasteiger partial charge in [0.25, 0.3) is 11.8 Å². The summed E-state index contributed by atoms with van der Waals surface area (Å²) >= 11 is 1.53. The summed E-state index contributed by atoms with van der Waals surface area (Å²) in [4.78, 5) is 30.9. The van der Waals surface area contributed by atoms with Crippen molar-refractivity contribution in [1.29, 1.82) is 0 Å². The average molecular weight is 450 g/mol. The number of carbonyl (C=O) groups excluding carboxylic acids is 2. The van der Waals surface area contributed by atoms with Crippen LogP contribution in [-0.2, 0) is 11.8 Å². The van der Waals surface area contributed by atoms with Crippen LogP contribution >= 0.6 is 11.3 Å². The molecule has 0 atom stereocenters. The molecular weight excluding hydrogens is 426 g/mol. The van der Waals surface area contributed by atoms with Crippen LogP contribution in [0.5, 0.6) is 5.75 Å². The summed E-state index contributed by atoms with van der Waals surface area (Å²) in [5.74, 6) is -0.286. The topological polar surface area (TPSA) is 98.1 Å². The molecule has 0 unspecified atom stereocenters. The van der Waals surface area contributed by atoms with Gasteiger partial charge in [-0.05, 0) is 55.5 Å². The first-order valence-corrected chi connectivity index (χ1v) is 10.9. The van der Waals surface area contributed by atoms with Crippen LogP contribution in [-0.4, -0.2) is 33.2 Å². The lowest BCUT2D eigenvalue weighted by molar-refractivity contribution is -0.123. The number of carbonyl (C=O) groups is 2. The van der Waals surface area contributed by atoms with Crippen LogP contribution in [0, 0.1) is 20.8 Å². The zero-order valence-corrected chi connectivity index (χ0v) is 19.0. The van der Waals surface area contributed by atoms with E-state index in [0.717, 1.165) is 16.0 Å². The largest absolute Gasteiger partial charge is 0.483 e. The number of aromatic nitrogens is 3. The van der Waals surface area contributed by atoms with Crippen LogP contribution in [0.1, 0.15) is 27.2 Å². The van der Waals surface area contributed by atoms with E-state index in [9.17, 15) is 9.59 Å². The maximum Gasteiger partial charge on any atom is 0.276 e. The van der Waals surface area contributed by atoms with Crippen molar-refractivity contribution < 1.29 is 14.3 Å². The van der Waals surface area contributed by atoms with Crippen LogP contribution in [0.15, 0.2) is 41.8 Å². The summed E-state index contributed by atoms with van der Waals surface area (Å²) in [7, 11) is 1.79. The van der Waals surface area contributed by atoms with Crippen molar-refractivity contribution in [2.45, 2.75) is 20.8 Å². The molecule has 2 N–H and O–H groups in total. The Kier molecular flexibility index (Phi) is 5.91. The molecule has 9 heteroatoms. The molecule has 0 saturated heterocycles. The van der Waals surface area contributed by atoms with Crippen molar-refractivity contribution in [2.24, 2.45) is 7.05 Å². The van der Waals surface area contributed by atoms with E-state index in [1.54, 1.807) is 17.8 Å². The highest BCUT2D eigenvalue weighted by Gasteiger charge is 2.20. The van der Waals surface area contributed by atoms with Gasteiger partial charge in [0.15, 0.2) is 12.3 Å². The molecule has 32 heavy (non-hydrogen) atoms. The number of nitrogens with one attached hydrogen (secondary N) is 2. The molecule has 3 aromatic heterocycles. The van der Waals surface area contributed by atoms with Crippen molar-refractivity contribution in [3.05, 3.63) is 64.2 Å². The van der Waals surface area contributed by atoms with Gasteiger partial charge in [0, 0.05) is 7.05 Å². The van der Waals surface area contributed by atoms with Crippen LogP contribution in [0.4, 0.5) is 0 Å². The van der Waals surface area contributed by atoms with Crippen molar-refractivity contribution in [3.8, 4) is 16.3 Å². The number of amides is 2. The lowest BCUT2D eigenvalue weighted by Crippen LogP contribution is -2.44. The number of thiophene rings is 1. The number of fused-ring (bicyclic) bond motifs is 1. The molecule has 4 aromatic rings. The van der Waals surface area contributed by atoms with Gasteiger partial charge in [-0.25, -0.2) is 4.98 Å². The van der Waals surface area contributed by atoms with Crippen LogP contribution in [0.25, 0.3) is 21.6 Å². The number of nitrogens with zero attached hydrogens (tertiary/aromatic N) is 3. The molecule has 0 radical (unpaired) electrons. The number of hydrazine groups is 1. The van der Waals surface area contributed by atoms with Crippen molar-refractivity contribution in [1.82, 2.24) is 25.6 Å². The van der Waals surface area contributed by atoms with E-state index in [1.165, 1.54) is 11.3 Å². The normalized spacial score (nSPS) is 10.9. The number of hydrogen-bond donors (Lipinski definition) is 2. The van der Waals surface area contributed by atoms with Gasteiger partial charge in [0.2, 0.25) is 0 Å². The molecule has 0 spiro atoms. The number of aryl methyl sites for hydroxylation is 4. The minimum atomic E-state index is -0.467. The Hall–Kier alpha value is -3.72. The maximum absolute atomic E-state index is 13.0. The first kappa shape index (κ1) is 21.5.